The van der Waals surface area contributed by atoms with Crippen LogP contribution >= 0.6 is 23.2 Å². The SMILES string of the molecule is CCCCC(CO)NC(=O)c1c(C)nc2c(OCc3cccc(Cl)c3Cl)cccn12. The van der Waals surface area contributed by atoms with E-state index in [0.717, 1.165) is 24.8 Å². The van der Waals surface area contributed by atoms with E-state index in [1.807, 2.05) is 12.1 Å². The molecule has 2 heterocycles. The summed E-state index contributed by atoms with van der Waals surface area (Å²) in [6.07, 6.45) is 4.42. The highest BCUT2D eigenvalue weighted by Crippen LogP contribution is 2.28. The van der Waals surface area contributed by atoms with Crippen molar-refractivity contribution in [2.45, 2.75) is 45.8 Å². The predicted molar refractivity (Wildman–Crippen MR) is 119 cm³/mol. The number of ether oxygens (including phenoxy) is 1. The molecule has 1 atom stereocenters. The number of carbonyl (C=O) groups excluding carboxylic acids is 1. The van der Waals surface area contributed by atoms with Gasteiger partial charge in [-0.05, 0) is 31.5 Å². The van der Waals surface area contributed by atoms with Crippen molar-refractivity contribution >= 4 is 34.8 Å². The molecule has 0 spiro atoms. The molecule has 8 heteroatoms. The number of amides is 1. The van der Waals surface area contributed by atoms with Crippen LogP contribution in [0, 0.1) is 6.92 Å². The van der Waals surface area contributed by atoms with Gasteiger partial charge in [0.15, 0.2) is 11.4 Å². The molecular weight excluding hydrogens is 425 g/mol. The van der Waals surface area contributed by atoms with E-state index in [1.165, 1.54) is 0 Å². The standard InChI is InChI=1S/C22H25Cl2N3O3/c1-3-4-8-16(12-28)26-22(29)20-14(2)25-21-18(10-6-11-27(20)21)30-13-15-7-5-9-17(23)19(15)24/h5-7,9-11,16,28H,3-4,8,12-13H2,1-2H3,(H,26,29). The van der Waals surface area contributed by atoms with E-state index in [0.29, 0.717) is 32.8 Å². The summed E-state index contributed by atoms with van der Waals surface area (Å²) < 4.78 is 7.65. The van der Waals surface area contributed by atoms with Crippen LogP contribution in [0.15, 0.2) is 36.5 Å². The molecule has 3 rings (SSSR count). The molecule has 0 aliphatic carbocycles. The van der Waals surface area contributed by atoms with Crippen molar-refractivity contribution in [1.82, 2.24) is 14.7 Å². The average Bonchev–Trinajstić information content (AvgIpc) is 3.08. The summed E-state index contributed by atoms with van der Waals surface area (Å²) in [6, 6.07) is 8.67. The summed E-state index contributed by atoms with van der Waals surface area (Å²) in [5.41, 5.74) is 2.30. The van der Waals surface area contributed by atoms with Crippen molar-refractivity contribution in [3.8, 4) is 5.75 Å². The first-order valence-corrected chi connectivity index (χ1v) is 10.7. The largest absolute Gasteiger partial charge is 0.485 e. The van der Waals surface area contributed by atoms with Crippen LogP contribution in [0.2, 0.25) is 10.0 Å². The molecule has 2 aromatic heterocycles. The smallest absolute Gasteiger partial charge is 0.270 e. The van der Waals surface area contributed by atoms with E-state index in [-0.39, 0.29) is 25.2 Å². The zero-order chi connectivity index (χ0) is 21.7. The number of hydrogen-bond acceptors (Lipinski definition) is 4. The van der Waals surface area contributed by atoms with Crippen molar-refractivity contribution in [1.29, 1.82) is 0 Å². The fourth-order valence-electron chi connectivity index (χ4n) is 3.27. The highest BCUT2D eigenvalue weighted by atomic mass is 35.5. The summed E-state index contributed by atoms with van der Waals surface area (Å²) in [5.74, 6) is 0.255. The summed E-state index contributed by atoms with van der Waals surface area (Å²) in [7, 11) is 0. The summed E-state index contributed by atoms with van der Waals surface area (Å²) in [5, 5.41) is 13.4. The number of aliphatic hydroxyl groups is 1. The highest BCUT2D eigenvalue weighted by Gasteiger charge is 2.21. The van der Waals surface area contributed by atoms with Crippen LogP contribution in [0.5, 0.6) is 5.75 Å². The lowest BCUT2D eigenvalue weighted by molar-refractivity contribution is 0.0905. The molecule has 0 aliphatic rings. The molecule has 30 heavy (non-hydrogen) atoms. The van der Waals surface area contributed by atoms with Gasteiger partial charge in [-0.15, -0.1) is 0 Å². The second-order valence-electron chi connectivity index (χ2n) is 7.11. The molecule has 1 aromatic carbocycles. The van der Waals surface area contributed by atoms with E-state index in [4.69, 9.17) is 27.9 Å². The fourth-order valence-corrected chi connectivity index (χ4v) is 3.65. The number of unbranched alkanes of at least 4 members (excludes halogenated alkanes) is 1. The molecule has 6 nitrogen and oxygen atoms in total. The molecule has 0 radical (unpaired) electrons. The third kappa shape index (κ3) is 4.89. The van der Waals surface area contributed by atoms with E-state index in [2.05, 4.69) is 17.2 Å². The van der Waals surface area contributed by atoms with Crippen LogP contribution in [0.4, 0.5) is 0 Å². The summed E-state index contributed by atoms with van der Waals surface area (Å²) >= 11 is 12.3. The van der Waals surface area contributed by atoms with E-state index >= 15 is 0 Å². The Morgan fingerprint density at radius 1 is 1.30 bits per heavy atom. The number of hydrogen-bond donors (Lipinski definition) is 2. The number of aryl methyl sites for hydroxylation is 1. The van der Waals surface area contributed by atoms with E-state index < -0.39 is 0 Å². The van der Waals surface area contributed by atoms with E-state index in [9.17, 15) is 9.90 Å². The zero-order valence-corrected chi connectivity index (χ0v) is 18.5. The average molecular weight is 450 g/mol. The van der Waals surface area contributed by atoms with Gasteiger partial charge in [-0.1, -0.05) is 55.1 Å². The second kappa shape index (κ2) is 10.2. The molecule has 1 amide bonds. The van der Waals surface area contributed by atoms with Gasteiger partial charge < -0.3 is 15.2 Å². The Labute approximate surface area is 185 Å². The van der Waals surface area contributed by atoms with Crippen molar-refractivity contribution in [2.24, 2.45) is 0 Å². The third-order valence-electron chi connectivity index (χ3n) is 4.88. The van der Waals surface area contributed by atoms with Gasteiger partial charge in [0.2, 0.25) is 0 Å². The van der Waals surface area contributed by atoms with Crippen LogP contribution in [0.3, 0.4) is 0 Å². The second-order valence-corrected chi connectivity index (χ2v) is 7.89. The van der Waals surface area contributed by atoms with Crippen molar-refractivity contribution < 1.29 is 14.6 Å². The summed E-state index contributed by atoms with van der Waals surface area (Å²) in [6.45, 7) is 3.97. The monoisotopic (exact) mass is 449 g/mol. The minimum Gasteiger partial charge on any atom is -0.485 e. The maximum Gasteiger partial charge on any atom is 0.270 e. The van der Waals surface area contributed by atoms with Gasteiger partial charge in [0.05, 0.1) is 28.4 Å². The molecular formula is C22H25Cl2N3O3. The van der Waals surface area contributed by atoms with Gasteiger partial charge in [-0.25, -0.2) is 4.98 Å². The number of aromatic nitrogens is 2. The lowest BCUT2D eigenvalue weighted by atomic mass is 10.1. The molecule has 1 unspecified atom stereocenters. The van der Waals surface area contributed by atoms with Crippen molar-refractivity contribution in [3.05, 3.63) is 63.5 Å². The van der Waals surface area contributed by atoms with Gasteiger partial charge in [0.1, 0.15) is 12.3 Å². The Kier molecular flexibility index (Phi) is 7.58. The van der Waals surface area contributed by atoms with E-state index in [1.54, 1.807) is 35.7 Å². The van der Waals surface area contributed by atoms with Crippen molar-refractivity contribution in [3.63, 3.8) is 0 Å². The van der Waals surface area contributed by atoms with Gasteiger partial charge in [0.25, 0.3) is 5.91 Å². The minimum atomic E-state index is -0.285. The maximum absolute atomic E-state index is 12.9. The number of nitrogens with one attached hydrogen (secondary N) is 1. The highest BCUT2D eigenvalue weighted by molar-refractivity contribution is 6.42. The molecule has 160 valence electrons. The molecule has 3 aromatic rings. The Morgan fingerprint density at radius 3 is 2.83 bits per heavy atom. The molecule has 0 bridgehead atoms. The van der Waals surface area contributed by atoms with Crippen LogP contribution in [0.25, 0.3) is 5.65 Å². The molecule has 0 aliphatic heterocycles. The maximum atomic E-state index is 12.9. The minimum absolute atomic E-state index is 0.101. The normalized spacial score (nSPS) is 12.2. The van der Waals surface area contributed by atoms with Gasteiger partial charge in [-0.2, -0.15) is 0 Å². The van der Waals surface area contributed by atoms with Crippen LogP contribution in [-0.2, 0) is 6.61 Å². The number of nitrogens with zero attached hydrogens (tertiary/aromatic N) is 2. The van der Waals surface area contributed by atoms with Crippen LogP contribution < -0.4 is 10.1 Å². The first-order chi connectivity index (χ1) is 14.5. The number of halogens is 2. The number of fused-ring (bicyclic) bond motifs is 1. The molecule has 2 N–H and O–H groups in total. The lowest BCUT2D eigenvalue weighted by Gasteiger charge is -2.16. The quantitative estimate of drug-likeness (QED) is 0.491. The lowest BCUT2D eigenvalue weighted by Crippen LogP contribution is -2.38. The number of rotatable bonds is 9. The molecule has 0 saturated carbocycles. The first kappa shape index (κ1) is 22.4. The fraction of sp³-hybridized carbons (Fsp3) is 0.364. The molecule has 0 fully saturated rings. The number of pyridine rings is 1. The number of aliphatic hydroxyl groups excluding tert-OH is 1. The number of imidazole rings is 1. The zero-order valence-electron chi connectivity index (χ0n) is 17.0. The van der Waals surface area contributed by atoms with Gasteiger partial charge in [-0.3, -0.25) is 9.20 Å². The molecule has 0 saturated heterocycles. The van der Waals surface area contributed by atoms with Gasteiger partial charge in [0, 0.05) is 11.8 Å². The Hall–Kier alpha value is -2.28. The Bertz CT molecular complexity index is 1040. The number of benzene rings is 1. The topological polar surface area (TPSA) is 75.9 Å². The van der Waals surface area contributed by atoms with Crippen molar-refractivity contribution in [2.75, 3.05) is 6.61 Å². The third-order valence-corrected chi connectivity index (χ3v) is 5.74. The van der Waals surface area contributed by atoms with Gasteiger partial charge >= 0.3 is 0 Å². The number of carbonyl (C=O) groups is 1. The van der Waals surface area contributed by atoms with Crippen LogP contribution in [0.1, 0.15) is 47.9 Å². The first-order valence-electron chi connectivity index (χ1n) is 9.91. The van der Waals surface area contributed by atoms with Crippen LogP contribution in [-0.4, -0.2) is 33.0 Å². The predicted octanol–water partition coefficient (Wildman–Crippen LogP) is 4.81. The summed E-state index contributed by atoms with van der Waals surface area (Å²) in [4.78, 5) is 17.4. The Balaban J connectivity index is 1.84. The Morgan fingerprint density at radius 2 is 2.10 bits per heavy atom.